The number of rotatable bonds is 6. The molecule has 9 heteroatoms. The predicted molar refractivity (Wildman–Crippen MR) is 124 cm³/mol. The van der Waals surface area contributed by atoms with Crippen LogP contribution in [0.25, 0.3) is 20.7 Å². The topological polar surface area (TPSA) is 81.1 Å². The fourth-order valence-corrected chi connectivity index (χ4v) is 5.59. The number of hydrogen-bond acceptors (Lipinski definition) is 7. The van der Waals surface area contributed by atoms with Gasteiger partial charge >= 0.3 is 0 Å². The fourth-order valence-electron chi connectivity index (χ4n) is 3.01. The van der Waals surface area contributed by atoms with Crippen LogP contribution in [-0.4, -0.2) is 27.0 Å². The average Bonchev–Trinajstić information content (AvgIpc) is 3.39. The highest BCUT2D eigenvalue weighted by molar-refractivity contribution is 7.99. The summed E-state index contributed by atoms with van der Waals surface area (Å²) in [6, 6.07) is 10.8. The highest BCUT2D eigenvalue weighted by Gasteiger charge is 2.17. The molecule has 3 aromatic heterocycles. The standard InChI is InChI=1S/C21H17N3O3S3/c1-12(25)13-6-3-4-7-15(13)22-17(26)11-30-21-23-19-18(20(27)24(21)2)14(10-29-19)16-8-5-9-28-16/h3-10H,11H2,1-2H3,(H,22,26). The van der Waals surface area contributed by atoms with Crippen LogP contribution in [0.5, 0.6) is 0 Å². The van der Waals surface area contributed by atoms with E-state index in [0.717, 1.165) is 10.4 Å². The molecule has 0 bridgehead atoms. The molecule has 4 rings (SSSR count). The van der Waals surface area contributed by atoms with Gasteiger partial charge in [0.05, 0.1) is 16.8 Å². The number of fused-ring (bicyclic) bond motifs is 1. The summed E-state index contributed by atoms with van der Waals surface area (Å²) in [7, 11) is 1.66. The maximum absolute atomic E-state index is 13.0. The van der Waals surface area contributed by atoms with Gasteiger partial charge in [-0.15, -0.1) is 22.7 Å². The Bertz CT molecular complexity index is 1310. The van der Waals surface area contributed by atoms with Gasteiger partial charge in [-0.2, -0.15) is 0 Å². The summed E-state index contributed by atoms with van der Waals surface area (Å²) in [6.07, 6.45) is 0. The highest BCUT2D eigenvalue weighted by Crippen LogP contribution is 2.34. The Morgan fingerprint density at radius 2 is 1.97 bits per heavy atom. The summed E-state index contributed by atoms with van der Waals surface area (Å²) < 4.78 is 1.48. The molecule has 0 saturated heterocycles. The van der Waals surface area contributed by atoms with Gasteiger partial charge in [0.2, 0.25) is 5.91 Å². The van der Waals surface area contributed by atoms with Gasteiger partial charge in [0.1, 0.15) is 4.83 Å². The number of ketones is 1. The zero-order valence-corrected chi connectivity index (χ0v) is 18.6. The van der Waals surface area contributed by atoms with Crippen LogP contribution in [0, 0.1) is 0 Å². The summed E-state index contributed by atoms with van der Waals surface area (Å²) in [5.41, 5.74) is 1.71. The van der Waals surface area contributed by atoms with Crippen molar-refractivity contribution >= 4 is 62.0 Å². The Morgan fingerprint density at radius 3 is 2.70 bits per heavy atom. The number of thiophene rings is 2. The zero-order chi connectivity index (χ0) is 21.3. The first-order valence-corrected chi connectivity index (χ1v) is 11.7. The van der Waals surface area contributed by atoms with E-state index in [1.54, 1.807) is 42.6 Å². The molecule has 0 saturated carbocycles. The summed E-state index contributed by atoms with van der Waals surface area (Å²) in [4.78, 5) is 43.4. The number of para-hydroxylation sites is 1. The van der Waals surface area contributed by atoms with Crippen molar-refractivity contribution in [2.24, 2.45) is 7.05 Å². The van der Waals surface area contributed by atoms with Gasteiger partial charge in [0, 0.05) is 28.4 Å². The monoisotopic (exact) mass is 455 g/mol. The summed E-state index contributed by atoms with van der Waals surface area (Å²) >= 11 is 4.19. The first-order chi connectivity index (χ1) is 14.5. The van der Waals surface area contributed by atoms with Crippen molar-refractivity contribution in [1.29, 1.82) is 0 Å². The number of nitrogens with zero attached hydrogens (tertiary/aromatic N) is 2. The van der Waals surface area contributed by atoms with Crippen molar-refractivity contribution in [3.8, 4) is 10.4 Å². The molecule has 1 N–H and O–H groups in total. The van der Waals surface area contributed by atoms with Crippen LogP contribution in [0.3, 0.4) is 0 Å². The van der Waals surface area contributed by atoms with Crippen molar-refractivity contribution in [3.63, 3.8) is 0 Å². The van der Waals surface area contributed by atoms with Crippen molar-refractivity contribution in [2.75, 3.05) is 11.1 Å². The van der Waals surface area contributed by atoms with Crippen molar-refractivity contribution in [1.82, 2.24) is 9.55 Å². The number of hydrogen-bond donors (Lipinski definition) is 1. The molecule has 0 aliphatic heterocycles. The zero-order valence-electron chi connectivity index (χ0n) is 16.2. The molecule has 0 aliphatic rings. The number of Topliss-reactive ketones (excluding diaryl/α,β-unsaturated/α-hetero) is 1. The number of thioether (sulfide) groups is 1. The van der Waals surface area contributed by atoms with E-state index >= 15 is 0 Å². The van der Waals surface area contributed by atoms with Gasteiger partial charge in [-0.3, -0.25) is 19.0 Å². The van der Waals surface area contributed by atoms with Gasteiger partial charge in [-0.05, 0) is 30.5 Å². The predicted octanol–water partition coefficient (Wildman–Crippen LogP) is 4.66. The number of aromatic nitrogens is 2. The minimum Gasteiger partial charge on any atom is -0.325 e. The normalized spacial score (nSPS) is 11.0. The Kier molecular flexibility index (Phi) is 5.85. The molecule has 0 unspecified atom stereocenters. The maximum Gasteiger partial charge on any atom is 0.263 e. The molecule has 152 valence electrons. The van der Waals surface area contributed by atoms with Crippen LogP contribution in [0.1, 0.15) is 17.3 Å². The van der Waals surface area contributed by atoms with Crippen LogP contribution < -0.4 is 10.9 Å². The lowest BCUT2D eigenvalue weighted by Gasteiger charge is -2.10. The minimum atomic E-state index is -0.270. The number of anilines is 1. The maximum atomic E-state index is 13.0. The molecular formula is C21H17N3O3S3. The molecule has 0 radical (unpaired) electrons. The Morgan fingerprint density at radius 1 is 1.17 bits per heavy atom. The molecule has 4 aromatic rings. The SMILES string of the molecule is CC(=O)c1ccccc1NC(=O)CSc1nc2scc(-c3cccs3)c2c(=O)n1C. The van der Waals surface area contributed by atoms with Gasteiger partial charge < -0.3 is 5.32 Å². The summed E-state index contributed by atoms with van der Waals surface area (Å²) in [6.45, 7) is 1.46. The minimum absolute atomic E-state index is 0.0706. The van der Waals surface area contributed by atoms with E-state index in [1.807, 2.05) is 22.9 Å². The van der Waals surface area contributed by atoms with Gasteiger partial charge in [0.25, 0.3) is 5.56 Å². The molecule has 30 heavy (non-hydrogen) atoms. The van der Waals surface area contributed by atoms with E-state index in [1.165, 1.54) is 34.6 Å². The fraction of sp³-hybridized carbons (Fsp3) is 0.143. The molecule has 1 amide bonds. The lowest BCUT2D eigenvalue weighted by atomic mass is 10.1. The summed E-state index contributed by atoms with van der Waals surface area (Å²) in [5.74, 6) is -0.318. The van der Waals surface area contributed by atoms with Crippen molar-refractivity contribution in [2.45, 2.75) is 12.1 Å². The lowest BCUT2D eigenvalue weighted by Crippen LogP contribution is -2.21. The molecule has 0 aliphatic carbocycles. The van der Waals surface area contributed by atoms with Gasteiger partial charge in [-0.1, -0.05) is 30.0 Å². The molecule has 1 aromatic carbocycles. The van der Waals surface area contributed by atoms with Crippen LogP contribution in [0.4, 0.5) is 5.69 Å². The van der Waals surface area contributed by atoms with E-state index in [-0.39, 0.29) is 23.0 Å². The summed E-state index contributed by atoms with van der Waals surface area (Å²) in [5, 5.41) is 7.77. The average molecular weight is 456 g/mol. The van der Waals surface area contributed by atoms with E-state index in [9.17, 15) is 14.4 Å². The number of nitrogens with one attached hydrogen (secondary N) is 1. The molecule has 0 atom stereocenters. The Balaban J connectivity index is 1.55. The highest BCUT2D eigenvalue weighted by atomic mass is 32.2. The number of carbonyl (C=O) groups is 2. The number of carbonyl (C=O) groups excluding carboxylic acids is 2. The van der Waals surface area contributed by atoms with Crippen LogP contribution in [0.15, 0.2) is 57.1 Å². The number of amides is 1. The van der Waals surface area contributed by atoms with E-state index in [0.29, 0.717) is 26.6 Å². The van der Waals surface area contributed by atoms with E-state index in [4.69, 9.17) is 0 Å². The second-order valence-corrected chi connectivity index (χ2v) is 9.25. The molecule has 3 heterocycles. The molecular weight excluding hydrogens is 438 g/mol. The van der Waals surface area contributed by atoms with Crippen LogP contribution in [0.2, 0.25) is 0 Å². The Hall–Kier alpha value is -2.75. The first-order valence-electron chi connectivity index (χ1n) is 9.00. The Labute approximate surface area is 184 Å². The van der Waals surface area contributed by atoms with E-state index < -0.39 is 0 Å². The second-order valence-electron chi connectivity index (χ2n) is 6.50. The lowest BCUT2D eigenvalue weighted by molar-refractivity contribution is -0.113. The largest absolute Gasteiger partial charge is 0.325 e. The smallest absolute Gasteiger partial charge is 0.263 e. The molecule has 0 spiro atoms. The van der Waals surface area contributed by atoms with Gasteiger partial charge in [-0.25, -0.2) is 4.98 Å². The second kappa shape index (κ2) is 8.55. The van der Waals surface area contributed by atoms with Crippen molar-refractivity contribution in [3.05, 3.63) is 63.1 Å². The van der Waals surface area contributed by atoms with Gasteiger partial charge in [0.15, 0.2) is 10.9 Å². The van der Waals surface area contributed by atoms with Crippen molar-refractivity contribution < 1.29 is 9.59 Å². The number of benzene rings is 1. The third-order valence-electron chi connectivity index (χ3n) is 4.47. The molecule has 6 nitrogen and oxygen atoms in total. The van der Waals surface area contributed by atoms with E-state index in [2.05, 4.69) is 10.3 Å². The van der Waals surface area contributed by atoms with Crippen LogP contribution in [-0.2, 0) is 11.8 Å². The quantitative estimate of drug-likeness (QED) is 0.260. The third kappa shape index (κ3) is 3.96. The molecule has 0 fully saturated rings. The van der Waals surface area contributed by atoms with Crippen LogP contribution >= 0.6 is 34.4 Å². The first kappa shape index (κ1) is 20.5. The third-order valence-corrected chi connectivity index (χ3v) is 7.28.